The summed E-state index contributed by atoms with van der Waals surface area (Å²) in [7, 11) is 0. The Balaban J connectivity index is 2.04. The van der Waals surface area contributed by atoms with Gasteiger partial charge in [-0.05, 0) is 44.4 Å². The first-order chi connectivity index (χ1) is 14.3. The van der Waals surface area contributed by atoms with Crippen LogP contribution in [-0.2, 0) is 4.79 Å². The highest BCUT2D eigenvalue weighted by atomic mass is 16.5. The van der Waals surface area contributed by atoms with Crippen molar-refractivity contribution in [2.75, 3.05) is 43.4 Å². The number of aryl methyl sites for hydroxylation is 1. The van der Waals surface area contributed by atoms with E-state index in [1.54, 1.807) is 13.0 Å². The summed E-state index contributed by atoms with van der Waals surface area (Å²) < 4.78 is 4.97. The molecule has 0 saturated heterocycles. The molecule has 0 saturated carbocycles. The number of benzene rings is 1. The molecule has 1 heterocycles. The summed E-state index contributed by atoms with van der Waals surface area (Å²) in [6, 6.07) is 9.12. The Labute approximate surface area is 178 Å². The molecule has 1 aromatic carbocycles. The third kappa shape index (κ3) is 7.18. The van der Waals surface area contributed by atoms with Crippen LogP contribution in [0.2, 0.25) is 0 Å². The molecule has 3 N–H and O–H groups in total. The van der Waals surface area contributed by atoms with Gasteiger partial charge in [-0.2, -0.15) is 0 Å². The fourth-order valence-corrected chi connectivity index (χ4v) is 3.08. The van der Waals surface area contributed by atoms with Gasteiger partial charge in [0.15, 0.2) is 5.82 Å². The largest absolute Gasteiger partial charge is 0.360 e. The molecular formula is C22H34N5O3+. The fraction of sp³-hybridized carbons (Fsp3) is 0.500. The van der Waals surface area contributed by atoms with Gasteiger partial charge >= 0.3 is 6.03 Å². The summed E-state index contributed by atoms with van der Waals surface area (Å²) in [4.78, 5) is 28.3. The van der Waals surface area contributed by atoms with E-state index in [0.29, 0.717) is 29.7 Å². The van der Waals surface area contributed by atoms with E-state index in [9.17, 15) is 9.59 Å². The van der Waals surface area contributed by atoms with Gasteiger partial charge in [0.2, 0.25) is 5.91 Å². The molecule has 30 heavy (non-hydrogen) atoms. The first kappa shape index (κ1) is 23.4. The summed E-state index contributed by atoms with van der Waals surface area (Å²) in [5.74, 6) is 1.06. The highest BCUT2D eigenvalue weighted by Gasteiger charge is 2.20. The number of carbonyl (C=O) groups excluding carboxylic acids is 2. The van der Waals surface area contributed by atoms with Crippen molar-refractivity contribution in [2.24, 2.45) is 0 Å². The first-order valence-electron chi connectivity index (χ1n) is 10.5. The van der Waals surface area contributed by atoms with Gasteiger partial charge in [-0.3, -0.25) is 4.79 Å². The Hall–Kier alpha value is -2.87. The van der Waals surface area contributed by atoms with Crippen molar-refractivity contribution in [1.82, 2.24) is 10.1 Å². The van der Waals surface area contributed by atoms with Crippen LogP contribution in [0.3, 0.4) is 0 Å². The zero-order valence-electron chi connectivity index (χ0n) is 18.6. The fourth-order valence-electron chi connectivity index (χ4n) is 3.08. The van der Waals surface area contributed by atoms with Gasteiger partial charge in [0.25, 0.3) is 0 Å². The van der Waals surface area contributed by atoms with Crippen molar-refractivity contribution in [1.29, 1.82) is 0 Å². The highest BCUT2D eigenvalue weighted by molar-refractivity contribution is 5.96. The summed E-state index contributed by atoms with van der Waals surface area (Å²) in [6.45, 7) is 13.3. The number of aromatic nitrogens is 1. The maximum absolute atomic E-state index is 12.9. The number of carbonyl (C=O) groups is 2. The van der Waals surface area contributed by atoms with Crippen LogP contribution in [0.25, 0.3) is 0 Å². The molecule has 0 fully saturated rings. The smallest absolute Gasteiger partial charge is 0.322 e. The number of anilines is 2. The summed E-state index contributed by atoms with van der Waals surface area (Å²) in [5.41, 5.74) is 1.91. The Morgan fingerprint density at radius 1 is 1.13 bits per heavy atom. The summed E-state index contributed by atoms with van der Waals surface area (Å²) >= 11 is 0. The molecule has 2 aromatic rings. The predicted octanol–water partition coefficient (Wildman–Crippen LogP) is 2.50. The molecule has 0 aliphatic rings. The van der Waals surface area contributed by atoms with Crippen molar-refractivity contribution in [3.63, 3.8) is 0 Å². The standard InChI is InChI=1S/C22H33N5O3/c1-6-26(7-2)12-13-27(15-21(28)24-20-14-17(5)30-25-20)22(29)23-19-10-8-18(9-11-19)16(3)4/h8-11,14,16H,6-7,12-13,15H2,1-5H3,(H,23,29)(H,24,25,28)/p+1. The number of quaternary nitrogens is 1. The van der Waals surface area contributed by atoms with Crippen molar-refractivity contribution < 1.29 is 19.0 Å². The molecule has 0 unspecified atom stereocenters. The van der Waals surface area contributed by atoms with Gasteiger partial charge in [-0.25, -0.2) is 4.79 Å². The molecule has 0 aliphatic carbocycles. The Morgan fingerprint density at radius 2 is 1.80 bits per heavy atom. The Kier molecular flexibility index (Phi) is 8.86. The van der Waals surface area contributed by atoms with Gasteiger partial charge < -0.3 is 25.0 Å². The van der Waals surface area contributed by atoms with Crippen LogP contribution in [0, 0.1) is 6.92 Å². The van der Waals surface area contributed by atoms with E-state index < -0.39 is 0 Å². The van der Waals surface area contributed by atoms with Crippen molar-refractivity contribution in [3.8, 4) is 0 Å². The van der Waals surface area contributed by atoms with Crippen LogP contribution in [0.1, 0.15) is 44.9 Å². The average Bonchev–Trinajstić information content (AvgIpc) is 3.12. The lowest BCUT2D eigenvalue weighted by atomic mass is 10.0. The molecular weight excluding hydrogens is 382 g/mol. The lowest BCUT2D eigenvalue weighted by Gasteiger charge is -2.24. The van der Waals surface area contributed by atoms with Crippen molar-refractivity contribution in [3.05, 3.63) is 41.7 Å². The number of urea groups is 1. The highest BCUT2D eigenvalue weighted by Crippen LogP contribution is 2.17. The molecule has 0 radical (unpaired) electrons. The second kappa shape index (κ2) is 11.3. The minimum atomic E-state index is -0.317. The van der Waals surface area contributed by atoms with Crippen LogP contribution < -0.4 is 15.5 Å². The molecule has 164 valence electrons. The molecule has 3 amide bonds. The molecule has 8 nitrogen and oxygen atoms in total. The predicted molar refractivity (Wildman–Crippen MR) is 118 cm³/mol. The maximum atomic E-state index is 12.9. The second-order valence-corrected chi connectivity index (χ2v) is 7.71. The number of nitrogens with one attached hydrogen (secondary N) is 3. The zero-order valence-corrected chi connectivity index (χ0v) is 18.6. The van der Waals surface area contributed by atoms with E-state index in [1.165, 1.54) is 15.4 Å². The molecule has 8 heteroatoms. The summed E-state index contributed by atoms with van der Waals surface area (Å²) in [6.07, 6.45) is 0. The van der Waals surface area contributed by atoms with Crippen molar-refractivity contribution >= 4 is 23.4 Å². The molecule has 1 aromatic heterocycles. The molecule has 0 aliphatic heterocycles. The topological polar surface area (TPSA) is 91.9 Å². The van der Waals surface area contributed by atoms with Gasteiger partial charge in [0.1, 0.15) is 12.3 Å². The number of hydrogen-bond acceptors (Lipinski definition) is 4. The number of nitrogens with zero attached hydrogens (tertiary/aromatic N) is 2. The van der Waals surface area contributed by atoms with Crippen LogP contribution in [0.15, 0.2) is 34.9 Å². The minimum Gasteiger partial charge on any atom is -0.360 e. The van der Waals surface area contributed by atoms with Crippen LogP contribution >= 0.6 is 0 Å². The molecule has 2 rings (SSSR count). The van der Waals surface area contributed by atoms with E-state index in [0.717, 1.165) is 19.6 Å². The average molecular weight is 417 g/mol. The molecule has 0 atom stereocenters. The number of likely N-dealkylation sites (N-methyl/N-ethyl adjacent to an activating group) is 1. The van der Waals surface area contributed by atoms with E-state index in [-0.39, 0.29) is 18.5 Å². The van der Waals surface area contributed by atoms with E-state index in [4.69, 9.17) is 4.52 Å². The number of rotatable bonds is 10. The number of amides is 3. The lowest BCUT2D eigenvalue weighted by Crippen LogP contribution is -3.12. The number of hydrogen-bond donors (Lipinski definition) is 3. The second-order valence-electron chi connectivity index (χ2n) is 7.71. The Bertz CT molecular complexity index is 812. The van der Waals surface area contributed by atoms with Crippen LogP contribution in [0.5, 0.6) is 0 Å². The SMILES string of the molecule is CC[NH+](CC)CCN(CC(=O)Nc1cc(C)on1)C(=O)Nc1ccc(C(C)C)cc1. The van der Waals surface area contributed by atoms with E-state index in [2.05, 4.69) is 43.5 Å². The van der Waals surface area contributed by atoms with Gasteiger partial charge in [-0.15, -0.1) is 0 Å². The van der Waals surface area contributed by atoms with Crippen LogP contribution in [-0.4, -0.2) is 54.7 Å². The third-order valence-corrected chi connectivity index (χ3v) is 5.08. The van der Waals surface area contributed by atoms with E-state index in [1.807, 2.05) is 24.3 Å². The van der Waals surface area contributed by atoms with Crippen LogP contribution in [0.4, 0.5) is 16.3 Å². The first-order valence-corrected chi connectivity index (χ1v) is 10.5. The summed E-state index contributed by atoms with van der Waals surface area (Å²) in [5, 5.41) is 9.35. The van der Waals surface area contributed by atoms with Crippen molar-refractivity contribution in [2.45, 2.75) is 40.5 Å². The lowest BCUT2D eigenvalue weighted by molar-refractivity contribution is -0.895. The van der Waals surface area contributed by atoms with Gasteiger partial charge in [-0.1, -0.05) is 31.1 Å². The van der Waals surface area contributed by atoms with E-state index >= 15 is 0 Å². The quantitative estimate of drug-likeness (QED) is 0.555. The Morgan fingerprint density at radius 3 is 2.33 bits per heavy atom. The van der Waals surface area contributed by atoms with Gasteiger partial charge in [0.05, 0.1) is 26.2 Å². The minimum absolute atomic E-state index is 0.0669. The maximum Gasteiger partial charge on any atom is 0.322 e. The normalized spacial score (nSPS) is 11.0. The third-order valence-electron chi connectivity index (χ3n) is 5.08. The monoisotopic (exact) mass is 416 g/mol. The molecule has 0 spiro atoms. The zero-order chi connectivity index (χ0) is 22.1. The van der Waals surface area contributed by atoms with Gasteiger partial charge in [0, 0.05) is 11.8 Å². The molecule has 0 bridgehead atoms.